The molecule has 0 heterocycles. The van der Waals surface area contributed by atoms with Crippen LogP contribution >= 0.6 is 0 Å². The highest BCUT2D eigenvalue weighted by Crippen LogP contribution is 2.24. The van der Waals surface area contributed by atoms with Gasteiger partial charge < -0.3 is 19.9 Å². The minimum Gasteiger partial charge on any atom is -0.497 e. The molecule has 0 radical (unpaired) electrons. The SMILES string of the molecule is COc1ccc(OC)c(C(=O)O[C@H](C)C(N)=O)c1. The topological polar surface area (TPSA) is 87.8 Å². The normalized spacial score (nSPS) is 11.5. The van der Waals surface area contributed by atoms with Crippen LogP contribution in [0.15, 0.2) is 18.2 Å². The van der Waals surface area contributed by atoms with Gasteiger partial charge in [0, 0.05) is 0 Å². The van der Waals surface area contributed by atoms with E-state index in [1.54, 1.807) is 12.1 Å². The van der Waals surface area contributed by atoms with Crippen molar-refractivity contribution in [2.75, 3.05) is 14.2 Å². The molecule has 0 saturated carbocycles. The summed E-state index contributed by atoms with van der Waals surface area (Å²) in [5.41, 5.74) is 5.19. The molecule has 1 aromatic carbocycles. The third-order valence-electron chi connectivity index (χ3n) is 2.31. The summed E-state index contributed by atoms with van der Waals surface area (Å²) in [7, 11) is 2.90. The minimum atomic E-state index is -1.01. The van der Waals surface area contributed by atoms with Gasteiger partial charge in [0.25, 0.3) is 5.91 Å². The van der Waals surface area contributed by atoms with Crippen molar-refractivity contribution in [1.29, 1.82) is 0 Å². The second kappa shape index (κ2) is 5.90. The van der Waals surface area contributed by atoms with Gasteiger partial charge in [-0.05, 0) is 25.1 Å². The molecule has 0 fully saturated rings. The minimum absolute atomic E-state index is 0.171. The van der Waals surface area contributed by atoms with Crippen LogP contribution < -0.4 is 15.2 Å². The van der Waals surface area contributed by atoms with Gasteiger partial charge in [-0.25, -0.2) is 4.79 Å². The molecule has 0 aromatic heterocycles. The molecular formula is C12H15NO5. The Kier molecular flexibility index (Phi) is 4.53. The van der Waals surface area contributed by atoms with Gasteiger partial charge in [-0.15, -0.1) is 0 Å². The molecule has 98 valence electrons. The Hall–Kier alpha value is -2.24. The number of amides is 1. The summed E-state index contributed by atoms with van der Waals surface area (Å²) in [6.45, 7) is 1.40. The van der Waals surface area contributed by atoms with E-state index < -0.39 is 18.0 Å². The molecule has 6 nitrogen and oxygen atoms in total. The Balaban J connectivity index is 2.99. The molecule has 0 spiro atoms. The molecule has 1 atom stereocenters. The number of hydrogen-bond donors (Lipinski definition) is 1. The molecular weight excluding hydrogens is 238 g/mol. The van der Waals surface area contributed by atoms with Gasteiger partial charge in [0.05, 0.1) is 14.2 Å². The van der Waals surface area contributed by atoms with E-state index in [0.29, 0.717) is 11.5 Å². The third-order valence-corrected chi connectivity index (χ3v) is 2.31. The van der Waals surface area contributed by atoms with Crippen LogP contribution in [-0.4, -0.2) is 32.2 Å². The Morgan fingerprint density at radius 3 is 2.39 bits per heavy atom. The van der Waals surface area contributed by atoms with Crippen molar-refractivity contribution in [2.45, 2.75) is 13.0 Å². The maximum Gasteiger partial charge on any atom is 0.342 e. The average molecular weight is 253 g/mol. The number of esters is 1. The number of carbonyl (C=O) groups excluding carboxylic acids is 2. The van der Waals surface area contributed by atoms with Crippen molar-refractivity contribution < 1.29 is 23.8 Å². The first-order valence-electron chi connectivity index (χ1n) is 5.22. The van der Waals surface area contributed by atoms with Crippen LogP contribution in [0, 0.1) is 0 Å². The average Bonchev–Trinajstić information content (AvgIpc) is 2.37. The maximum absolute atomic E-state index is 11.8. The lowest BCUT2D eigenvalue weighted by molar-refractivity contribution is -0.125. The highest BCUT2D eigenvalue weighted by molar-refractivity contribution is 5.94. The van der Waals surface area contributed by atoms with E-state index >= 15 is 0 Å². The van der Waals surface area contributed by atoms with E-state index in [1.807, 2.05) is 0 Å². The zero-order chi connectivity index (χ0) is 13.7. The van der Waals surface area contributed by atoms with E-state index in [9.17, 15) is 9.59 Å². The quantitative estimate of drug-likeness (QED) is 0.782. The van der Waals surface area contributed by atoms with Crippen molar-refractivity contribution in [1.82, 2.24) is 0 Å². The highest BCUT2D eigenvalue weighted by atomic mass is 16.5. The number of hydrogen-bond acceptors (Lipinski definition) is 5. The fourth-order valence-corrected chi connectivity index (χ4v) is 1.26. The Morgan fingerprint density at radius 2 is 1.89 bits per heavy atom. The van der Waals surface area contributed by atoms with E-state index in [1.165, 1.54) is 27.2 Å². The molecule has 18 heavy (non-hydrogen) atoms. The monoisotopic (exact) mass is 253 g/mol. The van der Waals surface area contributed by atoms with Crippen molar-refractivity contribution in [3.05, 3.63) is 23.8 Å². The molecule has 6 heteroatoms. The zero-order valence-corrected chi connectivity index (χ0v) is 10.4. The van der Waals surface area contributed by atoms with E-state index in [2.05, 4.69) is 0 Å². The molecule has 1 amide bonds. The smallest absolute Gasteiger partial charge is 0.342 e. The van der Waals surface area contributed by atoms with Gasteiger partial charge in [0.1, 0.15) is 17.1 Å². The van der Waals surface area contributed by atoms with Crippen LogP contribution in [0.3, 0.4) is 0 Å². The lowest BCUT2D eigenvalue weighted by Gasteiger charge is -2.12. The molecule has 1 aromatic rings. The van der Waals surface area contributed by atoms with Gasteiger partial charge in [-0.3, -0.25) is 4.79 Å². The number of benzene rings is 1. The molecule has 0 aliphatic heterocycles. The summed E-state index contributed by atoms with van der Waals surface area (Å²) in [5, 5.41) is 0. The number of primary amides is 1. The largest absolute Gasteiger partial charge is 0.497 e. The maximum atomic E-state index is 11.8. The summed E-state index contributed by atoms with van der Waals surface area (Å²) < 4.78 is 14.9. The molecule has 2 N–H and O–H groups in total. The van der Waals surface area contributed by atoms with Gasteiger partial charge in [0.15, 0.2) is 6.10 Å². The van der Waals surface area contributed by atoms with Crippen molar-refractivity contribution in [3.8, 4) is 11.5 Å². The third kappa shape index (κ3) is 3.13. The predicted molar refractivity (Wildman–Crippen MR) is 63.6 cm³/mol. The Labute approximate surface area is 105 Å². The lowest BCUT2D eigenvalue weighted by atomic mass is 10.2. The summed E-state index contributed by atoms with van der Waals surface area (Å²) in [5.74, 6) is -0.603. The van der Waals surface area contributed by atoms with E-state index in [-0.39, 0.29) is 5.56 Å². The number of rotatable bonds is 5. The van der Waals surface area contributed by atoms with Crippen molar-refractivity contribution in [2.24, 2.45) is 5.73 Å². The molecule has 0 saturated heterocycles. The molecule has 0 bridgehead atoms. The first-order chi connectivity index (χ1) is 8.49. The van der Waals surface area contributed by atoms with Crippen molar-refractivity contribution >= 4 is 11.9 Å². The zero-order valence-electron chi connectivity index (χ0n) is 10.4. The fraction of sp³-hybridized carbons (Fsp3) is 0.333. The summed E-state index contributed by atoms with van der Waals surface area (Å²) >= 11 is 0. The molecule has 0 aliphatic carbocycles. The van der Waals surface area contributed by atoms with Crippen LogP contribution in [0.5, 0.6) is 11.5 Å². The van der Waals surface area contributed by atoms with Gasteiger partial charge in [0.2, 0.25) is 0 Å². The number of carbonyl (C=O) groups is 2. The first-order valence-corrected chi connectivity index (χ1v) is 5.22. The van der Waals surface area contributed by atoms with Gasteiger partial charge >= 0.3 is 5.97 Å². The van der Waals surface area contributed by atoms with Crippen LogP contribution in [0.1, 0.15) is 17.3 Å². The Bertz CT molecular complexity index is 458. The highest BCUT2D eigenvalue weighted by Gasteiger charge is 2.20. The first kappa shape index (κ1) is 13.8. The van der Waals surface area contributed by atoms with Gasteiger partial charge in [-0.1, -0.05) is 0 Å². The molecule has 0 aliphatic rings. The lowest BCUT2D eigenvalue weighted by Crippen LogP contribution is -2.30. The summed E-state index contributed by atoms with van der Waals surface area (Å²) in [6, 6.07) is 4.69. The molecule has 1 rings (SSSR count). The number of methoxy groups -OCH3 is 2. The van der Waals surface area contributed by atoms with Crippen LogP contribution in [-0.2, 0) is 9.53 Å². The Morgan fingerprint density at radius 1 is 1.22 bits per heavy atom. The van der Waals surface area contributed by atoms with Crippen molar-refractivity contribution in [3.63, 3.8) is 0 Å². The predicted octanol–water partition coefficient (Wildman–Crippen LogP) is 0.734. The van der Waals surface area contributed by atoms with E-state index in [0.717, 1.165) is 0 Å². The van der Waals surface area contributed by atoms with E-state index in [4.69, 9.17) is 19.9 Å². The van der Waals surface area contributed by atoms with Crippen LogP contribution in [0.2, 0.25) is 0 Å². The number of nitrogens with two attached hydrogens (primary N) is 1. The van der Waals surface area contributed by atoms with Crippen LogP contribution in [0.4, 0.5) is 0 Å². The van der Waals surface area contributed by atoms with Gasteiger partial charge in [-0.2, -0.15) is 0 Å². The second-order valence-electron chi connectivity index (χ2n) is 3.52. The second-order valence-corrected chi connectivity index (χ2v) is 3.52. The fourth-order valence-electron chi connectivity index (χ4n) is 1.26. The number of ether oxygens (including phenoxy) is 3. The summed E-state index contributed by atoms with van der Waals surface area (Å²) in [6.07, 6.45) is -1.01. The summed E-state index contributed by atoms with van der Waals surface area (Å²) in [4.78, 5) is 22.7. The molecule has 0 unspecified atom stereocenters. The standard InChI is InChI=1S/C12H15NO5/c1-7(11(13)14)18-12(15)9-6-8(16-2)4-5-10(9)17-3/h4-7H,1-3H3,(H2,13,14)/t7-/m1/s1. The van der Waals surface area contributed by atoms with Crippen LogP contribution in [0.25, 0.3) is 0 Å².